The van der Waals surface area contributed by atoms with E-state index in [4.69, 9.17) is 10.1 Å². The van der Waals surface area contributed by atoms with Crippen molar-refractivity contribution in [1.82, 2.24) is 9.88 Å². The number of nitrogens with zero attached hydrogens (tertiary/aromatic N) is 3. The smallest absolute Gasteiger partial charge is 0.186 e. The van der Waals surface area contributed by atoms with E-state index in [1.807, 2.05) is 0 Å². The summed E-state index contributed by atoms with van der Waals surface area (Å²) in [6.07, 6.45) is 4.33. The van der Waals surface area contributed by atoms with Crippen LogP contribution < -0.4 is 4.90 Å². The van der Waals surface area contributed by atoms with E-state index in [1.54, 1.807) is 11.3 Å². The van der Waals surface area contributed by atoms with Crippen LogP contribution in [0.15, 0.2) is 18.2 Å². The molecular formula is C26H39N3O2S. The van der Waals surface area contributed by atoms with Crippen molar-refractivity contribution in [1.29, 1.82) is 0 Å². The topological polar surface area (TPSA) is 59.8 Å². The van der Waals surface area contributed by atoms with E-state index in [2.05, 4.69) is 55.7 Å². The molecule has 2 aromatic rings. The standard InChI is InChI=1S/C26H39N3O2S/c1-25(2)9-10-26(3,4)21-17-19(7-8-20(21)25)23-22(18-31)32-24(27-23)29-14-12-28(13-15-29)11-5-6-16-30/h7-8,17,30-31H,5-6,9-16,18H2,1-4H3. The Morgan fingerprint density at radius 1 is 0.938 bits per heavy atom. The van der Waals surface area contributed by atoms with Crippen LogP contribution in [-0.2, 0) is 17.4 Å². The minimum atomic E-state index is 0.0279. The number of anilines is 1. The number of aliphatic hydroxyl groups excluding tert-OH is 2. The van der Waals surface area contributed by atoms with Crippen LogP contribution in [0.2, 0.25) is 0 Å². The fraction of sp³-hybridized carbons (Fsp3) is 0.654. The third-order valence-corrected chi connectivity index (χ3v) is 8.58. The quantitative estimate of drug-likeness (QED) is 0.598. The van der Waals surface area contributed by atoms with Gasteiger partial charge >= 0.3 is 0 Å². The molecule has 0 spiro atoms. The van der Waals surface area contributed by atoms with E-state index < -0.39 is 0 Å². The molecule has 6 heteroatoms. The molecular weight excluding hydrogens is 418 g/mol. The lowest BCUT2D eigenvalue weighted by Gasteiger charge is -2.42. The molecule has 5 nitrogen and oxygen atoms in total. The maximum absolute atomic E-state index is 10.1. The third kappa shape index (κ3) is 4.74. The van der Waals surface area contributed by atoms with Gasteiger partial charge in [0.2, 0.25) is 0 Å². The van der Waals surface area contributed by atoms with Gasteiger partial charge in [-0.15, -0.1) is 0 Å². The average Bonchev–Trinajstić information content (AvgIpc) is 3.22. The first kappa shape index (κ1) is 23.7. The number of fused-ring (bicyclic) bond motifs is 1. The molecule has 1 fully saturated rings. The zero-order valence-electron chi connectivity index (χ0n) is 20.2. The molecule has 0 bridgehead atoms. The highest BCUT2D eigenvalue weighted by atomic mass is 32.1. The average molecular weight is 458 g/mol. The number of rotatable bonds is 7. The van der Waals surface area contributed by atoms with Crippen molar-refractivity contribution in [3.63, 3.8) is 0 Å². The molecule has 0 saturated carbocycles. The van der Waals surface area contributed by atoms with E-state index in [0.717, 1.165) is 66.8 Å². The first-order chi connectivity index (χ1) is 15.2. The molecule has 1 aliphatic carbocycles. The molecule has 0 radical (unpaired) electrons. The fourth-order valence-electron chi connectivity index (χ4n) is 5.15. The molecule has 0 atom stereocenters. The Morgan fingerprint density at radius 2 is 1.62 bits per heavy atom. The molecule has 2 aliphatic rings. The van der Waals surface area contributed by atoms with E-state index in [-0.39, 0.29) is 24.0 Å². The van der Waals surface area contributed by atoms with Crippen LogP contribution >= 0.6 is 11.3 Å². The monoisotopic (exact) mass is 457 g/mol. The van der Waals surface area contributed by atoms with E-state index in [9.17, 15) is 5.11 Å². The van der Waals surface area contributed by atoms with E-state index >= 15 is 0 Å². The number of piperazine rings is 1. The van der Waals surface area contributed by atoms with Crippen LogP contribution in [-0.4, -0.2) is 59.4 Å². The molecule has 1 aliphatic heterocycles. The zero-order chi connectivity index (χ0) is 22.9. The summed E-state index contributed by atoms with van der Waals surface area (Å²) in [5.41, 5.74) is 5.32. The van der Waals surface area contributed by atoms with Gasteiger partial charge in [0.05, 0.1) is 17.2 Å². The largest absolute Gasteiger partial charge is 0.396 e. The van der Waals surface area contributed by atoms with E-state index in [0.29, 0.717) is 0 Å². The fourth-order valence-corrected chi connectivity index (χ4v) is 6.15. The summed E-state index contributed by atoms with van der Waals surface area (Å²) in [6, 6.07) is 6.85. The van der Waals surface area contributed by atoms with Gasteiger partial charge in [-0.05, 0) is 60.3 Å². The second kappa shape index (κ2) is 9.41. The summed E-state index contributed by atoms with van der Waals surface area (Å²) in [5, 5.41) is 20.1. The van der Waals surface area contributed by atoms with Crippen molar-refractivity contribution in [2.75, 3.05) is 44.2 Å². The molecule has 2 heterocycles. The highest BCUT2D eigenvalue weighted by Crippen LogP contribution is 2.47. The first-order valence-electron chi connectivity index (χ1n) is 12.1. The summed E-state index contributed by atoms with van der Waals surface area (Å²) in [6.45, 7) is 14.7. The second-order valence-corrected chi connectivity index (χ2v) is 11.8. The van der Waals surface area contributed by atoms with Crippen molar-refractivity contribution < 1.29 is 10.2 Å². The highest BCUT2D eigenvalue weighted by molar-refractivity contribution is 7.16. The van der Waals surface area contributed by atoms with Crippen molar-refractivity contribution >= 4 is 16.5 Å². The molecule has 0 unspecified atom stereocenters. The Bertz CT molecular complexity index is 929. The number of unbranched alkanes of at least 4 members (excludes halogenated alkanes) is 1. The van der Waals surface area contributed by atoms with Gasteiger partial charge in [0.25, 0.3) is 0 Å². The van der Waals surface area contributed by atoms with Gasteiger partial charge in [0.1, 0.15) is 0 Å². The van der Waals surface area contributed by atoms with Crippen molar-refractivity contribution in [2.45, 2.75) is 70.8 Å². The third-order valence-electron chi connectivity index (χ3n) is 7.48. The van der Waals surface area contributed by atoms with Gasteiger partial charge in [0.15, 0.2) is 5.13 Å². The van der Waals surface area contributed by atoms with Crippen LogP contribution in [0.1, 0.15) is 69.4 Å². The number of thiazole rings is 1. The summed E-state index contributed by atoms with van der Waals surface area (Å²) < 4.78 is 0. The number of aromatic nitrogens is 1. The molecule has 32 heavy (non-hydrogen) atoms. The Labute approximate surface area is 197 Å². The Morgan fingerprint density at radius 3 is 2.28 bits per heavy atom. The van der Waals surface area contributed by atoms with Crippen LogP contribution in [0, 0.1) is 0 Å². The van der Waals surface area contributed by atoms with Crippen LogP contribution in [0.5, 0.6) is 0 Å². The number of aliphatic hydroxyl groups is 2. The number of benzene rings is 1. The Balaban J connectivity index is 1.56. The second-order valence-electron chi connectivity index (χ2n) is 10.7. The van der Waals surface area contributed by atoms with Gasteiger partial charge < -0.3 is 15.1 Å². The maximum Gasteiger partial charge on any atom is 0.186 e. The predicted molar refractivity (Wildman–Crippen MR) is 134 cm³/mol. The first-order valence-corrected chi connectivity index (χ1v) is 12.9. The zero-order valence-corrected chi connectivity index (χ0v) is 21.0. The van der Waals surface area contributed by atoms with Crippen molar-refractivity contribution in [2.24, 2.45) is 0 Å². The highest BCUT2D eigenvalue weighted by Gasteiger charge is 2.37. The van der Waals surface area contributed by atoms with Crippen molar-refractivity contribution in [3.8, 4) is 11.3 Å². The SMILES string of the molecule is CC1(C)CCC(C)(C)c2cc(-c3nc(N4CCN(CCCCO)CC4)sc3CO)ccc21. The van der Waals surface area contributed by atoms with Gasteiger partial charge in [-0.3, -0.25) is 4.90 Å². The lowest BCUT2D eigenvalue weighted by Crippen LogP contribution is -2.46. The molecule has 1 aromatic carbocycles. The van der Waals surface area contributed by atoms with Gasteiger partial charge in [-0.25, -0.2) is 4.98 Å². The van der Waals surface area contributed by atoms with Crippen molar-refractivity contribution in [3.05, 3.63) is 34.2 Å². The lowest BCUT2D eigenvalue weighted by molar-refractivity contribution is 0.232. The van der Waals surface area contributed by atoms with E-state index in [1.165, 1.54) is 24.0 Å². The summed E-state index contributed by atoms with van der Waals surface area (Å²) in [7, 11) is 0. The Hall–Kier alpha value is -1.47. The normalized spacial score (nSPS) is 20.4. The minimum absolute atomic E-state index is 0.0279. The predicted octanol–water partition coefficient (Wildman–Crippen LogP) is 4.55. The maximum atomic E-state index is 10.1. The molecule has 1 saturated heterocycles. The molecule has 0 amide bonds. The number of hydrogen-bond acceptors (Lipinski definition) is 6. The number of hydrogen-bond donors (Lipinski definition) is 2. The van der Waals surface area contributed by atoms with Crippen LogP contribution in [0.25, 0.3) is 11.3 Å². The minimum Gasteiger partial charge on any atom is -0.396 e. The van der Waals surface area contributed by atoms with Gasteiger partial charge in [-0.1, -0.05) is 51.2 Å². The summed E-state index contributed by atoms with van der Waals surface area (Å²) in [5.74, 6) is 0. The lowest BCUT2D eigenvalue weighted by atomic mass is 9.63. The van der Waals surface area contributed by atoms with Gasteiger partial charge in [0, 0.05) is 38.3 Å². The molecule has 1 aromatic heterocycles. The summed E-state index contributed by atoms with van der Waals surface area (Å²) >= 11 is 1.63. The molecule has 2 N–H and O–H groups in total. The van der Waals surface area contributed by atoms with Gasteiger partial charge in [-0.2, -0.15) is 0 Å². The summed E-state index contributed by atoms with van der Waals surface area (Å²) in [4.78, 5) is 10.8. The Kier molecular flexibility index (Phi) is 6.97. The molecule has 4 rings (SSSR count). The molecule has 176 valence electrons. The van der Waals surface area contributed by atoms with Crippen LogP contribution in [0.3, 0.4) is 0 Å². The van der Waals surface area contributed by atoms with Crippen LogP contribution in [0.4, 0.5) is 5.13 Å².